The first-order valence-corrected chi connectivity index (χ1v) is 20.7. The van der Waals surface area contributed by atoms with Crippen molar-refractivity contribution < 1.29 is 26.3 Å². The molecule has 0 saturated heterocycles. The van der Waals surface area contributed by atoms with Crippen molar-refractivity contribution in [1.82, 2.24) is 24.1 Å². The Labute approximate surface area is 367 Å². The van der Waals surface area contributed by atoms with Crippen molar-refractivity contribution in [2.75, 3.05) is 0 Å². The molecular formula is C54H33F6N5. The second-order valence-corrected chi connectivity index (χ2v) is 16.0. The van der Waals surface area contributed by atoms with Crippen LogP contribution in [0.5, 0.6) is 0 Å². The van der Waals surface area contributed by atoms with Gasteiger partial charge in [0.05, 0.1) is 44.6 Å². The van der Waals surface area contributed by atoms with Gasteiger partial charge in [-0.2, -0.15) is 26.3 Å². The third kappa shape index (κ3) is 6.87. The van der Waals surface area contributed by atoms with E-state index in [0.717, 1.165) is 62.8 Å². The average molecular weight is 866 g/mol. The molecule has 0 saturated carbocycles. The standard InChI is InChI=1S/C54H33F6N5/c1-32-20-26-46-42(28-32)38-16-8-10-18-44(38)64(46)48-29-35(52-62-50(33-12-4-2-5-13-33)61-51(63-52)34-14-6-3-7-15-34)21-24-40(48)41-25-22-37(54(58,59)60)31-49(41)65-45-19-11-9-17-39(45)43-30-36(53(55,56)57)23-27-47(43)65/h2-31H,1H3. The molecular weight excluding hydrogens is 833 g/mol. The number of hydrogen-bond donors (Lipinski definition) is 0. The summed E-state index contributed by atoms with van der Waals surface area (Å²) in [6, 6.07) is 52.7. The Kier molecular flexibility index (Phi) is 9.21. The fraction of sp³-hybridized carbons (Fsp3) is 0.0556. The van der Waals surface area contributed by atoms with Crippen LogP contribution in [0.1, 0.15) is 16.7 Å². The van der Waals surface area contributed by atoms with Crippen LogP contribution in [0.4, 0.5) is 26.3 Å². The Hall–Kier alpha value is -8.05. The van der Waals surface area contributed by atoms with Crippen LogP contribution in [0.3, 0.4) is 0 Å². The third-order valence-corrected chi connectivity index (χ3v) is 11.9. The highest BCUT2D eigenvalue weighted by Gasteiger charge is 2.34. The Bertz CT molecular complexity index is 3590. The monoisotopic (exact) mass is 865 g/mol. The third-order valence-electron chi connectivity index (χ3n) is 11.9. The first-order chi connectivity index (χ1) is 31.4. The molecule has 316 valence electrons. The Morgan fingerprint density at radius 1 is 0.354 bits per heavy atom. The number of alkyl halides is 6. The second-order valence-electron chi connectivity index (χ2n) is 16.0. The average Bonchev–Trinajstić information content (AvgIpc) is 3.83. The molecule has 0 aliphatic heterocycles. The first-order valence-electron chi connectivity index (χ1n) is 20.7. The Balaban J connectivity index is 1.24. The second kappa shape index (κ2) is 15.0. The van der Waals surface area contributed by atoms with Gasteiger partial charge in [-0.1, -0.05) is 127 Å². The lowest BCUT2D eigenvalue weighted by atomic mass is 9.97. The SMILES string of the molecule is Cc1ccc2c(c1)c1ccccc1n2-c1cc(-c2nc(-c3ccccc3)nc(-c3ccccc3)n2)ccc1-c1ccc(C(F)(F)F)cc1-n1c2ccccc2c2cc(C(F)(F)F)ccc21. The smallest absolute Gasteiger partial charge is 0.309 e. The summed E-state index contributed by atoms with van der Waals surface area (Å²) < 4.78 is 90.7. The largest absolute Gasteiger partial charge is 0.416 e. The lowest BCUT2D eigenvalue weighted by Gasteiger charge is -2.21. The van der Waals surface area contributed by atoms with Crippen LogP contribution in [-0.2, 0) is 12.4 Å². The lowest BCUT2D eigenvalue weighted by Crippen LogP contribution is -2.08. The van der Waals surface area contributed by atoms with Gasteiger partial charge in [0.15, 0.2) is 17.5 Å². The van der Waals surface area contributed by atoms with E-state index in [9.17, 15) is 26.3 Å². The molecule has 11 rings (SSSR count). The number of fused-ring (bicyclic) bond motifs is 6. The summed E-state index contributed by atoms with van der Waals surface area (Å²) >= 11 is 0. The highest BCUT2D eigenvalue weighted by molar-refractivity contribution is 6.12. The molecule has 0 radical (unpaired) electrons. The molecule has 11 heteroatoms. The molecule has 5 nitrogen and oxygen atoms in total. The van der Waals surface area contributed by atoms with Crippen LogP contribution in [0.15, 0.2) is 182 Å². The summed E-state index contributed by atoms with van der Waals surface area (Å²) in [6.07, 6.45) is -9.38. The lowest BCUT2D eigenvalue weighted by molar-refractivity contribution is -0.138. The molecule has 0 bridgehead atoms. The maximum Gasteiger partial charge on any atom is 0.416 e. The summed E-state index contributed by atoms with van der Waals surface area (Å²) in [5.41, 5.74) is 5.63. The van der Waals surface area contributed by atoms with Crippen molar-refractivity contribution in [2.24, 2.45) is 0 Å². The molecule has 0 atom stereocenters. The van der Waals surface area contributed by atoms with E-state index in [1.54, 1.807) is 28.8 Å². The van der Waals surface area contributed by atoms with Gasteiger partial charge in [0.2, 0.25) is 0 Å². The Morgan fingerprint density at radius 3 is 1.32 bits per heavy atom. The van der Waals surface area contributed by atoms with Gasteiger partial charge in [-0.15, -0.1) is 0 Å². The van der Waals surface area contributed by atoms with Gasteiger partial charge in [0, 0.05) is 49.4 Å². The number of para-hydroxylation sites is 2. The molecule has 8 aromatic carbocycles. The van der Waals surface area contributed by atoms with E-state index in [4.69, 9.17) is 15.0 Å². The molecule has 3 aromatic heterocycles. The molecule has 0 aliphatic carbocycles. The zero-order chi connectivity index (χ0) is 44.6. The maximum atomic E-state index is 14.8. The van der Waals surface area contributed by atoms with Gasteiger partial charge in [0.1, 0.15) is 0 Å². The number of hydrogen-bond acceptors (Lipinski definition) is 3. The van der Waals surface area contributed by atoms with Gasteiger partial charge in [0.25, 0.3) is 0 Å². The molecule has 3 heterocycles. The van der Waals surface area contributed by atoms with E-state index >= 15 is 0 Å². The van der Waals surface area contributed by atoms with Crippen LogP contribution in [0, 0.1) is 6.92 Å². The van der Waals surface area contributed by atoms with Crippen LogP contribution >= 0.6 is 0 Å². The van der Waals surface area contributed by atoms with Crippen molar-refractivity contribution in [3.05, 3.63) is 199 Å². The maximum absolute atomic E-state index is 14.8. The van der Waals surface area contributed by atoms with E-state index in [1.165, 1.54) is 12.1 Å². The minimum atomic E-state index is -4.74. The summed E-state index contributed by atoms with van der Waals surface area (Å²) in [4.78, 5) is 14.9. The van der Waals surface area contributed by atoms with Gasteiger partial charge in [-0.05, 0) is 67.6 Å². The van der Waals surface area contributed by atoms with Crippen molar-refractivity contribution >= 4 is 43.6 Å². The highest BCUT2D eigenvalue weighted by Crippen LogP contribution is 2.45. The predicted molar refractivity (Wildman–Crippen MR) is 245 cm³/mol. The van der Waals surface area contributed by atoms with Crippen LogP contribution in [0.25, 0.3) is 100 Å². The van der Waals surface area contributed by atoms with Crippen LogP contribution in [-0.4, -0.2) is 24.1 Å². The van der Waals surface area contributed by atoms with E-state index in [-0.39, 0.29) is 11.1 Å². The quantitative estimate of drug-likeness (QED) is 0.156. The fourth-order valence-corrected chi connectivity index (χ4v) is 8.90. The summed E-state index contributed by atoms with van der Waals surface area (Å²) in [5.74, 6) is 1.28. The Morgan fingerprint density at radius 2 is 0.769 bits per heavy atom. The van der Waals surface area contributed by atoms with Gasteiger partial charge >= 0.3 is 12.4 Å². The van der Waals surface area contributed by atoms with Crippen LogP contribution < -0.4 is 0 Å². The summed E-state index contributed by atoms with van der Waals surface area (Å²) in [6.45, 7) is 2.02. The zero-order valence-electron chi connectivity index (χ0n) is 34.3. The van der Waals surface area contributed by atoms with Gasteiger partial charge in [-0.3, -0.25) is 0 Å². The molecule has 0 N–H and O–H groups in total. The molecule has 0 aliphatic rings. The summed E-state index contributed by atoms with van der Waals surface area (Å²) in [5, 5.41) is 2.66. The number of nitrogens with zero attached hydrogens (tertiary/aromatic N) is 5. The van der Waals surface area contributed by atoms with Crippen molar-refractivity contribution in [3.8, 4) is 56.7 Å². The van der Waals surface area contributed by atoms with E-state index in [2.05, 4.69) is 10.6 Å². The number of aryl methyl sites for hydroxylation is 1. The van der Waals surface area contributed by atoms with Crippen molar-refractivity contribution in [2.45, 2.75) is 19.3 Å². The van der Waals surface area contributed by atoms with Gasteiger partial charge in [-0.25, -0.2) is 15.0 Å². The number of halogens is 6. The molecule has 65 heavy (non-hydrogen) atoms. The van der Waals surface area contributed by atoms with Crippen molar-refractivity contribution in [3.63, 3.8) is 0 Å². The van der Waals surface area contributed by atoms with Crippen molar-refractivity contribution in [1.29, 1.82) is 0 Å². The molecule has 0 fully saturated rings. The van der Waals surface area contributed by atoms with Gasteiger partial charge < -0.3 is 9.13 Å². The fourth-order valence-electron chi connectivity index (χ4n) is 8.90. The van der Waals surface area contributed by atoms with E-state index < -0.39 is 23.5 Å². The summed E-state index contributed by atoms with van der Waals surface area (Å²) in [7, 11) is 0. The molecule has 11 aromatic rings. The minimum absolute atomic E-state index is 0.134. The van der Waals surface area contributed by atoms with E-state index in [0.29, 0.717) is 56.3 Å². The van der Waals surface area contributed by atoms with Crippen LogP contribution in [0.2, 0.25) is 0 Å². The number of aromatic nitrogens is 5. The highest BCUT2D eigenvalue weighted by atomic mass is 19.4. The first kappa shape index (κ1) is 39.8. The molecule has 0 unspecified atom stereocenters. The predicted octanol–water partition coefficient (Wildman–Crippen LogP) is 15.1. The van der Waals surface area contributed by atoms with E-state index in [1.807, 2.05) is 122 Å². The zero-order valence-corrected chi connectivity index (χ0v) is 34.3. The number of rotatable bonds is 6. The number of benzene rings is 8. The molecule has 0 spiro atoms. The normalized spacial score (nSPS) is 12.2. The minimum Gasteiger partial charge on any atom is -0.309 e. The topological polar surface area (TPSA) is 48.5 Å². The molecule has 0 amide bonds.